The first-order valence-electron chi connectivity index (χ1n) is 2.45. The summed E-state index contributed by atoms with van der Waals surface area (Å²) < 4.78 is 0. The van der Waals surface area contributed by atoms with Gasteiger partial charge in [0.15, 0.2) is 0 Å². The molecule has 1 N–H and O–H groups in total. The van der Waals surface area contributed by atoms with Crippen LogP contribution in [0.1, 0.15) is 13.8 Å². The maximum absolute atomic E-state index is 3.77. The van der Waals surface area contributed by atoms with E-state index in [2.05, 4.69) is 11.9 Å². The second-order valence-electron chi connectivity index (χ2n) is 1.55. The lowest BCUT2D eigenvalue weighted by Gasteiger charge is -2.13. The first kappa shape index (κ1) is 7.89. The van der Waals surface area contributed by atoms with Crippen LogP contribution in [-0.4, -0.2) is 12.3 Å². The van der Waals surface area contributed by atoms with Crippen molar-refractivity contribution in [2.45, 2.75) is 13.8 Å². The Morgan fingerprint density at radius 1 is 1.62 bits per heavy atom. The normalized spacial score (nSPS) is 18.8. The van der Waals surface area contributed by atoms with Crippen LogP contribution in [0.5, 0.6) is 0 Å². The van der Waals surface area contributed by atoms with Crippen molar-refractivity contribution >= 4 is 11.8 Å². The summed E-state index contributed by atoms with van der Waals surface area (Å²) >= 11 is 1.81. The van der Waals surface area contributed by atoms with Crippen LogP contribution >= 0.6 is 11.8 Å². The molecule has 1 aliphatic heterocycles. The molecule has 0 atom stereocenters. The molecule has 0 bridgehead atoms. The molecule has 1 heterocycles. The SMILES string of the molecule is C.C=C1NCCCS1. The zero-order valence-corrected chi connectivity index (χ0v) is 5.05. The average Bonchev–Trinajstić information content (AvgIpc) is 1.69. The Morgan fingerprint density at radius 3 is 2.62 bits per heavy atom. The first-order chi connectivity index (χ1) is 3.39. The summed E-state index contributed by atoms with van der Waals surface area (Å²) in [5.74, 6) is 1.24. The highest BCUT2D eigenvalue weighted by Crippen LogP contribution is 2.14. The average molecular weight is 131 g/mol. The van der Waals surface area contributed by atoms with Crippen molar-refractivity contribution in [1.29, 1.82) is 0 Å². The van der Waals surface area contributed by atoms with E-state index in [1.54, 1.807) is 0 Å². The zero-order valence-electron chi connectivity index (χ0n) is 4.24. The van der Waals surface area contributed by atoms with Crippen molar-refractivity contribution in [3.05, 3.63) is 11.6 Å². The van der Waals surface area contributed by atoms with Crippen LogP contribution in [0.4, 0.5) is 0 Å². The van der Waals surface area contributed by atoms with E-state index in [0.29, 0.717) is 0 Å². The van der Waals surface area contributed by atoms with E-state index < -0.39 is 0 Å². The second-order valence-corrected chi connectivity index (χ2v) is 2.74. The molecule has 8 heavy (non-hydrogen) atoms. The molecular weight excluding hydrogens is 118 g/mol. The van der Waals surface area contributed by atoms with Crippen molar-refractivity contribution in [1.82, 2.24) is 5.32 Å². The smallest absolute Gasteiger partial charge is 0.0608 e. The second kappa shape index (κ2) is 3.84. The minimum atomic E-state index is 0. The Morgan fingerprint density at radius 2 is 2.38 bits per heavy atom. The number of hydrogen-bond acceptors (Lipinski definition) is 2. The predicted octanol–water partition coefficient (Wildman–Crippen LogP) is 1.82. The standard InChI is InChI=1S/C5H9NS.CH4/c1-5-6-3-2-4-7-5;/h6H,1-4H2;1H4. The van der Waals surface area contributed by atoms with Crippen molar-refractivity contribution in [2.24, 2.45) is 0 Å². The molecule has 0 aromatic rings. The van der Waals surface area contributed by atoms with Gasteiger partial charge in [0.2, 0.25) is 0 Å². The van der Waals surface area contributed by atoms with Crippen molar-refractivity contribution < 1.29 is 0 Å². The molecule has 0 saturated carbocycles. The minimum Gasteiger partial charge on any atom is -0.380 e. The lowest BCUT2D eigenvalue weighted by molar-refractivity contribution is 0.791. The van der Waals surface area contributed by atoms with Gasteiger partial charge in [-0.1, -0.05) is 14.0 Å². The molecule has 0 radical (unpaired) electrons. The number of rotatable bonds is 0. The molecule has 0 aliphatic carbocycles. The van der Waals surface area contributed by atoms with Crippen LogP contribution < -0.4 is 5.32 Å². The summed E-state index contributed by atoms with van der Waals surface area (Å²) in [4.78, 5) is 0. The first-order valence-corrected chi connectivity index (χ1v) is 3.44. The summed E-state index contributed by atoms with van der Waals surface area (Å²) in [5, 5.41) is 4.28. The van der Waals surface area contributed by atoms with E-state index in [1.165, 1.54) is 12.2 Å². The Bertz CT molecular complexity index is 72.6. The third-order valence-corrected chi connectivity index (χ3v) is 1.91. The van der Waals surface area contributed by atoms with Gasteiger partial charge in [-0.05, 0) is 6.42 Å². The highest BCUT2D eigenvalue weighted by Gasteiger charge is 1.99. The molecule has 0 aromatic carbocycles. The quantitative estimate of drug-likeness (QED) is 0.538. The lowest BCUT2D eigenvalue weighted by atomic mass is 10.5. The lowest BCUT2D eigenvalue weighted by Crippen LogP contribution is -2.17. The van der Waals surface area contributed by atoms with Crippen LogP contribution in [0.3, 0.4) is 0 Å². The van der Waals surface area contributed by atoms with Gasteiger partial charge in [0.25, 0.3) is 0 Å². The number of hydrogen-bond donors (Lipinski definition) is 1. The number of nitrogens with one attached hydrogen (secondary N) is 1. The molecule has 2 heteroatoms. The van der Waals surface area contributed by atoms with E-state index in [4.69, 9.17) is 0 Å². The summed E-state index contributed by atoms with van der Waals surface area (Å²) in [6.45, 7) is 4.88. The fourth-order valence-corrected chi connectivity index (χ4v) is 1.29. The molecule has 0 amide bonds. The molecule has 0 unspecified atom stereocenters. The molecule has 1 saturated heterocycles. The summed E-state index contributed by atoms with van der Waals surface area (Å²) in [5.41, 5.74) is 0. The fraction of sp³-hybridized carbons (Fsp3) is 0.667. The van der Waals surface area contributed by atoms with Crippen molar-refractivity contribution in [2.75, 3.05) is 12.3 Å². The van der Waals surface area contributed by atoms with E-state index >= 15 is 0 Å². The van der Waals surface area contributed by atoms with Crippen LogP contribution in [0, 0.1) is 0 Å². The fourth-order valence-electron chi connectivity index (χ4n) is 0.546. The predicted molar refractivity (Wildman–Crippen MR) is 40.9 cm³/mol. The van der Waals surface area contributed by atoms with Crippen molar-refractivity contribution in [3.63, 3.8) is 0 Å². The Hall–Kier alpha value is -0.110. The van der Waals surface area contributed by atoms with E-state index in [1.807, 2.05) is 11.8 Å². The molecule has 1 nitrogen and oxygen atoms in total. The van der Waals surface area contributed by atoms with Gasteiger partial charge in [-0.2, -0.15) is 0 Å². The minimum absolute atomic E-state index is 0. The van der Waals surface area contributed by atoms with Crippen LogP contribution in [-0.2, 0) is 0 Å². The van der Waals surface area contributed by atoms with Crippen molar-refractivity contribution in [3.8, 4) is 0 Å². The van der Waals surface area contributed by atoms with E-state index in [0.717, 1.165) is 11.6 Å². The number of thioether (sulfide) groups is 1. The van der Waals surface area contributed by atoms with Gasteiger partial charge in [0.05, 0.1) is 5.03 Å². The summed E-state index contributed by atoms with van der Waals surface area (Å²) in [6.07, 6.45) is 1.28. The molecule has 1 fully saturated rings. The third kappa shape index (κ3) is 2.26. The Balaban J connectivity index is 0.000000490. The monoisotopic (exact) mass is 131 g/mol. The molecular formula is C6H13NS. The molecule has 0 aromatic heterocycles. The maximum Gasteiger partial charge on any atom is 0.0608 e. The van der Waals surface area contributed by atoms with E-state index in [-0.39, 0.29) is 7.43 Å². The van der Waals surface area contributed by atoms with Gasteiger partial charge in [0, 0.05) is 12.3 Å². The van der Waals surface area contributed by atoms with Crippen LogP contribution in [0.25, 0.3) is 0 Å². The highest BCUT2D eigenvalue weighted by atomic mass is 32.2. The van der Waals surface area contributed by atoms with Crippen LogP contribution in [0.15, 0.2) is 11.6 Å². The van der Waals surface area contributed by atoms with Gasteiger partial charge >= 0.3 is 0 Å². The summed E-state index contributed by atoms with van der Waals surface area (Å²) in [6, 6.07) is 0. The van der Waals surface area contributed by atoms with Gasteiger partial charge in [-0.15, -0.1) is 11.8 Å². The molecule has 1 aliphatic rings. The van der Waals surface area contributed by atoms with Gasteiger partial charge in [-0.3, -0.25) is 0 Å². The van der Waals surface area contributed by atoms with Gasteiger partial charge in [0.1, 0.15) is 0 Å². The summed E-state index contributed by atoms with van der Waals surface area (Å²) in [7, 11) is 0. The zero-order chi connectivity index (χ0) is 5.11. The molecule has 0 spiro atoms. The Labute approximate surface area is 55.5 Å². The largest absolute Gasteiger partial charge is 0.380 e. The van der Waals surface area contributed by atoms with Gasteiger partial charge < -0.3 is 5.32 Å². The maximum atomic E-state index is 3.77. The van der Waals surface area contributed by atoms with Gasteiger partial charge in [-0.25, -0.2) is 0 Å². The Kier molecular flexibility index (Phi) is 3.79. The van der Waals surface area contributed by atoms with Crippen LogP contribution in [0.2, 0.25) is 0 Å². The third-order valence-electron chi connectivity index (χ3n) is 0.920. The molecule has 1 rings (SSSR count). The molecule has 48 valence electrons. The van der Waals surface area contributed by atoms with E-state index in [9.17, 15) is 0 Å². The topological polar surface area (TPSA) is 12.0 Å². The highest BCUT2D eigenvalue weighted by molar-refractivity contribution is 8.03.